The van der Waals surface area contributed by atoms with Gasteiger partial charge in [0, 0.05) is 45.1 Å². The number of pyridine rings is 2. The third-order valence-corrected chi connectivity index (χ3v) is 10.2. The average Bonchev–Trinajstić information content (AvgIpc) is 3.62. The molecule has 0 saturated heterocycles. The van der Waals surface area contributed by atoms with Crippen LogP contribution in [0.1, 0.15) is 0 Å². The van der Waals surface area contributed by atoms with Gasteiger partial charge in [-0.3, -0.25) is 9.97 Å². The summed E-state index contributed by atoms with van der Waals surface area (Å²) in [5.41, 5.74) is 7.95. The molecule has 0 aliphatic carbocycles. The van der Waals surface area contributed by atoms with Crippen LogP contribution in [0.25, 0.3) is 111 Å². The molecule has 246 valence electrons. The van der Waals surface area contributed by atoms with Gasteiger partial charge in [-0.25, -0.2) is 15.0 Å². The summed E-state index contributed by atoms with van der Waals surface area (Å²) >= 11 is 0. The molecular formula is C47H27N5O. The number of furan rings is 1. The minimum absolute atomic E-state index is 0.523. The summed E-state index contributed by atoms with van der Waals surface area (Å²) in [6.45, 7) is 0. The van der Waals surface area contributed by atoms with Gasteiger partial charge < -0.3 is 4.42 Å². The number of hydrogen-bond acceptors (Lipinski definition) is 6. The Balaban J connectivity index is 1.13. The van der Waals surface area contributed by atoms with Crippen molar-refractivity contribution in [2.75, 3.05) is 0 Å². The molecule has 53 heavy (non-hydrogen) atoms. The second-order valence-corrected chi connectivity index (χ2v) is 13.3. The molecule has 0 radical (unpaired) electrons. The average molecular weight is 678 g/mol. The molecule has 0 bridgehead atoms. The molecule has 0 amide bonds. The van der Waals surface area contributed by atoms with E-state index in [2.05, 4.69) is 120 Å². The van der Waals surface area contributed by atoms with E-state index in [4.69, 9.17) is 24.4 Å². The van der Waals surface area contributed by atoms with Crippen molar-refractivity contribution in [3.63, 3.8) is 0 Å². The van der Waals surface area contributed by atoms with Gasteiger partial charge in [-0.05, 0) is 63.0 Å². The molecule has 7 aromatic carbocycles. The highest BCUT2D eigenvalue weighted by Gasteiger charge is 2.19. The van der Waals surface area contributed by atoms with Gasteiger partial charge in [0.2, 0.25) is 0 Å². The van der Waals surface area contributed by atoms with E-state index in [1.54, 1.807) is 6.20 Å². The molecule has 0 fully saturated rings. The molecule has 0 saturated carbocycles. The van der Waals surface area contributed by atoms with E-state index in [1.165, 1.54) is 21.5 Å². The summed E-state index contributed by atoms with van der Waals surface area (Å²) < 4.78 is 6.46. The van der Waals surface area contributed by atoms with Crippen LogP contribution in [0.15, 0.2) is 168 Å². The van der Waals surface area contributed by atoms with Gasteiger partial charge >= 0.3 is 0 Å². The van der Waals surface area contributed by atoms with Gasteiger partial charge in [0.15, 0.2) is 17.5 Å². The third kappa shape index (κ3) is 4.77. The largest absolute Gasteiger partial charge is 0.455 e. The van der Waals surface area contributed by atoms with Crippen molar-refractivity contribution in [3.8, 4) is 45.3 Å². The lowest BCUT2D eigenvalue weighted by Gasteiger charge is -2.12. The number of para-hydroxylation sites is 2. The van der Waals surface area contributed by atoms with Crippen LogP contribution < -0.4 is 0 Å². The smallest absolute Gasteiger partial charge is 0.167 e. The van der Waals surface area contributed by atoms with Crippen LogP contribution in [-0.2, 0) is 0 Å². The van der Waals surface area contributed by atoms with Gasteiger partial charge in [0.1, 0.15) is 11.2 Å². The highest BCUT2D eigenvalue weighted by molar-refractivity contribution is 6.14. The summed E-state index contributed by atoms with van der Waals surface area (Å²) in [5.74, 6) is 1.61. The lowest BCUT2D eigenvalue weighted by molar-refractivity contribution is 0.669. The second kappa shape index (κ2) is 11.6. The first-order chi connectivity index (χ1) is 26.2. The lowest BCUT2D eigenvalue weighted by atomic mass is 9.93. The van der Waals surface area contributed by atoms with Crippen LogP contribution in [-0.4, -0.2) is 24.9 Å². The molecule has 6 nitrogen and oxygen atoms in total. The van der Waals surface area contributed by atoms with Crippen molar-refractivity contribution < 1.29 is 4.42 Å². The van der Waals surface area contributed by atoms with Crippen LogP contribution >= 0.6 is 0 Å². The zero-order valence-corrected chi connectivity index (χ0v) is 28.2. The van der Waals surface area contributed by atoms with Crippen molar-refractivity contribution in [1.82, 2.24) is 24.9 Å². The van der Waals surface area contributed by atoms with Gasteiger partial charge in [0.05, 0.1) is 16.6 Å². The molecular weight excluding hydrogens is 651 g/mol. The van der Waals surface area contributed by atoms with Crippen molar-refractivity contribution in [2.24, 2.45) is 0 Å². The van der Waals surface area contributed by atoms with Crippen molar-refractivity contribution >= 4 is 65.3 Å². The monoisotopic (exact) mass is 677 g/mol. The van der Waals surface area contributed by atoms with Gasteiger partial charge in [-0.2, -0.15) is 0 Å². The van der Waals surface area contributed by atoms with Gasteiger partial charge in [-0.1, -0.05) is 121 Å². The van der Waals surface area contributed by atoms with Crippen LogP contribution in [0, 0.1) is 0 Å². The number of hydrogen-bond donors (Lipinski definition) is 0. The summed E-state index contributed by atoms with van der Waals surface area (Å²) in [4.78, 5) is 24.9. The first kappa shape index (κ1) is 29.4. The molecule has 6 heteroatoms. The van der Waals surface area contributed by atoms with Gasteiger partial charge in [0.25, 0.3) is 0 Å². The second-order valence-electron chi connectivity index (χ2n) is 13.3. The molecule has 4 heterocycles. The summed E-state index contributed by atoms with van der Waals surface area (Å²) in [7, 11) is 0. The minimum Gasteiger partial charge on any atom is -0.455 e. The van der Waals surface area contributed by atoms with E-state index in [0.29, 0.717) is 17.5 Å². The lowest BCUT2D eigenvalue weighted by Crippen LogP contribution is -2.01. The predicted octanol–water partition coefficient (Wildman–Crippen LogP) is 11.8. The van der Waals surface area contributed by atoms with E-state index in [1.807, 2.05) is 42.6 Å². The van der Waals surface area contributed by atoms with Crippen molar-refractivity contribution in [1.29, 1.82) is 0 Å². The van der Waals surface area contributed by atoms with E-state index in [9.17, 15) is 0 Å². The summed E-state index contributed by atoms with van der Waals surface area (Å²) in [6, 6.07) is 52.3. The normalized spacial score (nSPS) is 11.8. The minimum atomic E-state index is 0.523. The van der Waals surface area contributed by atoms with E-state index >= 15 is 0 Å². The molecule has 0 atom stereocenters. The SMILES string of the molecule is c1cc(-c2nc(-c3cnc4c(ccc5cccnc54)c3)nc(-c3cccc4c3oc3ccccc34)n2)cc(-c2cccc3ccc4ccccc4c23)c1. The fourth-order valence-electron chi connectivity index (χ4n) is 7.66. The van der Waals surface area contributed by atoms with Crippen LogP contribution in [0.2, 0.25) is 0 Å². The first-order valence-electron chi connectivity index (χ1n) is 17.6. The highest BCUT2D eigenvalue weighted by atomic mass is 16.3. The Morgan fingerprint density at radius 3 is 2.02 bits per heavy atom. The third-order valence-electron chi connectivity index (χ3n) is 10.2. The fraction of sp³-hybridized carbons (Fsp3) is 0. The maximum Gasteiger partial charge on any atom is 0.167 e. The van der Waals surface area contributed by atoms with E-state index < -0.39 is 0 Å². The van der Waals surface area contributed by atoms with E-state index in [-0.39, 0.29) is 0 Å². The molecule has 11 rings (SSSR count). The fourth-order valence-corrected chi connectivity index (χ4v) is 7.66. The topological polar surface area (TPSA) is 77.6 Å². The Hall–Kier alpha value is -7.31. The molecule has 0 spiro atoms. The maximum atomic E-state index is 6.46. The Kier molecular flexibility index (Phi) is 6.45. The molecule has 0 aliphatic heterocycles. The number of aromatic nitrogens is 5. The number of benzene rings is 7. The Bertz CT molecular complexity index is 3260. The molecule has 0 unspecified atom stereocenters. The number of rotatable bonds is 4. The van der Waals surface area contributed by atoms with Crippen LogP contribution in [0.4, 0.5) is 0 Å². The molecule has 11 aromatic rings. The standard InChI is InChI=1S/C47H27N5O/c1-2-14-35-28(9-1)20-21-29-10-6-16-36(41(29)35)31-11-5-12-33(25-31)45-50-46(34-26-32-23-22-30-13-8-24-48-42(30)43(32)49-27-34)52-47(51-45)39-18-7-17-38-37-15-3-4-19-40(37)53-44(38)39/h1-27H. The molecule has 4 aromatic heterocycles. The van der Waals surface area contributed by atoms with E-state index in [0.717, 1.165) is 71.6 Å². The Morgan fingerprint density at radius 2 is 1.06 bits per heavy atom. The predicted molar refractivity (Wildman–Crippen MR) is 214 cm³/mol. The van der Waals surface area contributed by atoms with Crippen LogP contribution in [0.5, 0.6) is 0 Å². The Morgan fingerprint density at radius 1 is 0.396 bits per heavy atom. The maximum absolute atomic E-state index is 6.46. The molecule has 0 N–H and O–H groups in total. The summed E-state index contributed by atoms with van der Waals surface area (Å²) in [5, 5.41) is 8.92. The number of nitrogens with zero attached hydrogens (tertiary/aromatic N) is 5. The highest BCUT2D eigenvalue weighted by Crippen LogP contribution is 2.38. The zero-order chi connectivity index (χ0) is 34.9. The van der Waals surface area contributed by atoms with Crippen molar-refractivity contribution in [3.05, 3.63) is 164 Å². The first-order valence-corrected chi connectivity index (χ1v) is 17.6. The zero-order valence-electron chi connectivity index (χ0n) is 28.2. The van der Waals surface area contributed by atoms with Crippen molar-refractivity contribution in [2.45, 2.75) is 0 Å². The molecule has 0 aliphatic rings. The van der Waals surface area contributed by atoms with Crippen LogP contribution in [0.3, 0.4) is 0 Å². The number of fused-ring (bicyclic) bond motifs is 9. The summed E-state index contributed by atoms with van der Waals surface area (Å²) in [6.07, 6.45) is 3.63. The van der Waals surface area contributed by atoms with Gasteiger partial charge in [-0.15, -0.1) is 0 Å². The quantitative estimate of drug-likeness (QED) is 0.173. The Labute approximate surface area is 303 Å².